The van der Waals surface area contributed by atoms with Gasteiger partial charge in [0.25, 0.3) is 0 Å². The molecule has 1 aliphatic heterocycles. The number of nitrogens with two attached hydrogens (primary N) is 1. The largest absolute Gasteiger partial charge is 0.496 e. The highest BCUT2D eigenvalue weighted by molar-refractivity contribution is 6.00. The molecule has 7 heteroatoms. The average molecular weight is 368 g/mol. The van der Waals surface area contributed by atoms with E-state index < -0.39 is 0 Å². The highest BCUT2D eigenvalue weighted by Gasteiger charge is 2.20. The molecule has 3 aromatic rings. The zero-order chi connectivity index (χ0) is 19.0. The van der Waals surface area contributed by atoms with E-state index in [1.165, 1.54) is 0 Å². The molecule has 1 saturated heterocycles. The Kier molecular flexibility index (Phi) is 4.61. The number of aromatic nitrogens is 2. The molecule has 3 heterocycles. The normalized spacial score (nSPS) is 15.2. The fourth-order valence-electron chi connectivity index (χ4n) is 3.67. The molecule has 0 saturated carbocycles. The van der Waals surface area contributed by atoms with E-state index in [4.69, 9.17) is 19.7 Å². The van der Waals surface area contributed by atoms with Gasteiger partial charge in [-0.3, -0.25) is 4.98 Å². The fourth-order valence-corrected chi connectivity index (χ4v) is 3.67. The Labute approximate surface area is 157 Å². The Bertz CT molecular complexity index is 958. The topological polar surface area (TPSA) is 95.4 Å². The van der Waals surface area contributed by atoms with Crippen molar-refractivity contribution in [3.8, 4) is 16.9 Å². The molecule has 1 aromatic carbocycles. The minimum Gasteiger partial charge on any atom is -0.496 e. The number of aryl methyl sites for hydroxylation is 2. The summed E-state index contributed by atoms with van der Waals surface area (Å²) < 4.78 is 16.5. The first-order chi connectivity index (χ1) is 13.1. The predicted molar refractivity (Wildman–Crippen MR) is 105 cm³/mol. The molecule has 0 spiro atoms. The van der Waals surface area contributed by atoms with Crippen molar-refractivity contribution in [2.45, 2.75) is 32.7 Å². The highest BCUT2D eigenvalue weighted by Crippen LogP contribution is 2.40. The molecule has 142 valence electrons. The van der Waals surface area contributed by atoms with E-state index in [0.717, 1.165) is 71.0 Å². The van der Waals surface area contributed by atoms with Crippen molar-refractivity contribution in [1.82, 2.24) is 10.1 Å². The third kappa shape index (κ3) is 3.19. The van der Waals surface area contributed by atoms with Crippen molar-refractivity contribution in [3.63, 3.8) is 0 Å². The molecule has 2 aromatic heterocycles. The van der Waals surface area contributed by atoms with E-state index in [2.05, 4.69) is 15.5 Å². The number of nitrogens with zero attached hydrogens (tertiary/aromatic N) is 2. The van der Waals surface area contributed by atoms with Gasteiger partial charge in [0.05, 0.1) is 41.5 Å². The van der Waals surface area contributed by atoms with Crippen molar-refractivity contribution >= 4 is 22.3 Å². The second-order valence-corrected chi connectivity index (χ2v) is 6.89. The summed E-state index contributed by atoms with van der Waals surface area (Å²) in [6.45, 7) is 5.34. The maximum atomic E-state index is 6.25. The summed E-state index contributed by atoms with van der Waals surface area (Å²) in [5, 5.41) is 8.59. The Hall–Kier alpha value is -2.80. The first kappa shape index (κ1) is 17.6. The van der Waals surface area contributed by atoms with Crippen LogP contribution in [0.3, 0.4) is 0 Å². The molecule has 3 N–H and O–H groups in total. The summed E-state index contributed by atoms with van der Waals surface area (Å²) in [5.74, 6) is 1.49. The van der Waals surface area contributed by atoms with E-state index in [9.17, 15) is 0 Å². The minimum atomic E-state index is 0.333. The van der Waals surface area contributed by atoms with Crippen LogP contribution in [0.25, 0.3) is 22.0 Å². The summed E-state index contributed by atoms with van der Waals surface area (Å²) in [5.41, 5.74) is 11.3. The van der Waals surface area contributed by atoms with E-state index >= 15 is 0 Å². The molecule has 0 aliphatic carbocycles. The SMILES string of the molecule is COc1cc2c(NC3CCOCC3)c(N)cnc2cc1-c1c(C)noc1C. The maximum absolute atomic E-state index is 6.25. The Morgan fingerprint density at radius 1 is 1.22 bits per heavy atom. The van der Waals surface area contributed by atoms with Gasteiger partial charge >= 0.3 is 0 Å². The summed E-state index contributed by atoms with van der Waals surface area (Å²) in [7, 11) is 1.66. The number of anilines is 2. The Morgan fingerprint density at radius 3 is 2.67 bits per heavy atom. The van der Waals surface area contributed by atoms with Gasteiger partial charge in [-0.2, -0.15) is 0 Å². The van der Waals surface area contributed by atoms with Gasteiger partial charge in [-0.15, -0.1) is 0 Å². The van der Waals surface area contributed by atoms with Gasteiger partial charge in [0, 0.05) is 30.2 Å². The van der Waals surface area contributed by atoms with Crippen molar-refractivity contribution in [2.24, 2.45) is 0 Å². The number of hydrogen-bond acceptors (Lipinski definition) is 7. The lowest BCUT2D eigenvalue weighted by molar-refractivity contribution is 0.0905. The van der Waals surface area contributed by atoms with Crippen LogP contribution in [-0.2, 0) is 4.74 Å². The van der Waals surface area contributed by atoms with Crippen LogP contribution in [-0.4, -0.2) is 36.5 Å². The molecule has 0 unspecified atom stereocenters. The lowest BCUT2D eigenvalue weighted by atomic mass is 9.99. The average Bonchev–Trinajstić information content (AvgIpc) is 3.02. The third-order valence-corrected chi connectivity index (χ3v) is 5.09. The van der Waals surface area contributed by atoms with E-state index in [-0.39, 0.29) is 0 Å². The van der Waals surface area contributed by atoms with Gasteiger partial charge in [0.15, 0.2) is 0 Å². The van der Waals surface area contributed by atoms with E-state index in [1.807, 2.05) is 26.0 Å². The van der Waals surface area contributed by atoms with Crippen molar-refractivity contribution in [1.29, 1.82) is 0 Å². The van der Waals surface area contributed by atoms with Crippen LogP contribution in [0.2, 0.25) is 0 Å². The van der Waals surface area contributed by atoms with Gasteiger partial charge in [0.1, 0.15) is 11.5 Å². The second-order valence-electron chi connectivity index (χ2n) is 6.89. The number of nitrogens with one attached hydrogen (secondary N) is 1. The van der Waals surface area contributed by atoms with Crippen molar-refractivity contribution in [2.75, 3.05) is 31.4 Å². The van der Waals surface area contributed by atoms with E-state index in [0.29, 0.717) is 11.7 Å². The van der Waals surface area contributed by atoms with Crippen LogP contribution in [0, 0.1) is 13.8 Å². The molecule has 0 amide bonds. The predicted octanol–water partition coefficient (Wildman–Crippen LogP) is 3.69. The van der Waals surface area contributed by atoms with Crippen LogP contribution in [0.15, 0.2) is 22.9 Å². The number of methoxy groups -OCH3 is 1. The van der Waals surface area contributed by atoms with Gasteiger partial charge in [-0.1, -0.05) is 5.16 Å². The maximum Gasteiger partial charge on any atom is 0.141 e. The summed E-state index contributed by atoms with van der Waals surface area (Å²) in [6.07, 6.45) is 3.61. The number of pyridine rings is 1. The second kappa shape index (κ2) is 7.08. The molecule has 7 nitrogen and oxygen atoms in total. The number of rotatable bonds is 4. The summed E-state index contributed by atoms with van der Waals surface area (Å²) >= 11 is 0. The fraction of sp³-hybridized carbons (Fsp3) is 0.400. The summed E-state index contributed by atoms with van der Waals surface area (Å²) in [4.78, 5) is 4.54. The van der Waals surface area contributed by atoms with Crippen LogP contribution in [0.4, 0.5) is 11.4 Å². The van der Waals surface area contributed by atoms with Crippen molar-refractivity contribution < 1.29 is 14.0 Å². The van der Waals surface area contributed by atoms with Crippen LogP contribution < -0.4 is 15.8 Å². The first-order valence-electron chi connectivity index (χ1n) is 9.12. The zero-order valence-electron chi connectivity index (χ0n) is 15.8. The standard InChI is InChI=1S/C20H24N4O3/c1-11-19(12(2)27-24-11)15-8-17-14(9-18(15)25-3)20(16(21)10-22-17)23-13-4-6-26-7-5-13/h8-10,13H,4-7,21H2,1-3H3,(H,22,23). The van der Waals surface area contributed by atoms with Crippen LogP contribution >= 0.6 is 0 Å². The van der Waals surface area contributed by atoms with Gasteiger partial charge in [-0.05, 0) is 38.8 Å². The highest BCUT2D eigenvalue weighted by atomic mass is 16.5. The number of fused-ring (bicyclic) bond motifs is 1. The first-order valence-corrected chi connectivity index (χ1v) is 9.12. The molecule has 0 radical (unpaired) electrons. The van der Waals surface area contributed by atoms with Gasteiger partial charge < -0.3 is 25.0 Å². The van der Waals surface area contributed by atoms with Gasteiger partial charge in [-0.25, -0.2) is 0 Å². The Morgan fingerprint density at radius 2 is 2.00 bits per heavy atom. The van der Waals surface area contributed by atoms with Crippen LogP contribution in [0.5, 0.6) is 5.75 Å². The lowest BCUT2D eigenvalue weighted by Gasteiger charge is -2.25. The number of benzene rings is 1. The third-order valence-electron chi connectivity index (χ3n) is 5.09. The monoisotopic (exact) mass is 368 g/mol. The molecule has 1 aliphatic rings. The Balaban J connectivity index is 1.85. The molecule has 27 heavy (non-hydrogen) atoms. The smallest absolute Gasteiger partial charge is 0.141 e. The van der Waals surface area contributed by atoms with Crippen LogP contribution in [0.1, 0.15) is 24.3 Å². The quantitative estimate of drug-likeness (QED) is 0.725. The molecular weight excluding hydrogens is 344 g/mol. The molecule has 0 atom stereocenters. The molecular formula is C20H24N4O3. The van der Waals surface area contributed by atoms with Gasteiger partial charge in [0.2, 0.25) is 0 Å². The number of nitrogen functional groups attached to an aromatic ring is 1. The summed E-state index contributed by atoms with van der Waals surface area (Å²) in [6, 6.07) is 4.33. The van der Waals surface area contributed by atoms with Crippen molar-refractivity contribution in [3.05, 3.63) is 29.8 Å². The number of hydrogen-bond donors (Lipinski definition) is 2. The zero-order valence-corrected chi connectivity index (χ0v) is 15.8. The lowest BCUT2D eigenvalue weighted by Crippen LogP contribution is -2.28. The molecule has 4 rings (SSSR count). The molecule has 1 fully saturated rings. The molecule has 0 bridgehead atoms. The minimum absolute atomic E-state index is 0.333. The number of ether oxygens (including phenoxy) is 2. The van der Waals surface area contributed by atoms with E-state index in [1.54, 1.807) is 13.3 Å².